The molecule has 0 bridgehead atoms. The molecule has 23 heavy (non-hydrogen) atoms. The van der Waals surface area contributed by atoms with Gasteiger partial charge in [0.15, 0.2) is 0 Å². The summed E-state index contributed by atoms with van der Waals surface area (Å²) in [6, 6.07) is 10.3. The van der Waals surface area contributed by atoms with Crippen molar-refractivity contribution >= 4 is 9.84 Å². The maximum Gasteiger partial charge on any atom is 0.150 e. The van der Waals surface area contributed by atoms with Crippen LogP contribution in [0.2, 0.25) is 0 Å². The fourth-order valence-corrected chi connectivity index (χ4v) is 4.45. The van der Waals surface area contributed by atoms with Crippen LogP contribution in [0.15, 0.2) is 42.7 Å². The van der Waals surface area contributed by atoms with Gasteiger partial charge in [-0.25, -0.2) is 13.1 Å². The van der Waals surface area contributed by atoms with Crippen molar-refractivity contribution in [2.45, 2.75) is 43.5 Å². The fraction of sp³-hybridized carbons (Fsp3) is 0.471. The zero-order chi connectivity index (χ0) is 16.3. The molecule has 3 rings (SSSR count). The second kappa shape index (κ2) is 6.84. The van der Waals surface area contributed by atoms with Gasteiger partial charge in [0.25, 0.3) is 0 Å². The number of sulfone groups is 1. The van der Waals surface area contributed by atoms with Gasteiger partial charge < -0.3 is 5.32 Å². The lowest BCUT2D eigenvalue weighted by Gasteiger charge is -2.29. The number of rotatable bonds is 5. The number of nitrogens with one attached hydrogen (secondary N) is 1. The zero-order valence-electron chi connectivity index (χ0n) is 13.4. The fourth-order valence-electron chi connectivity index (χ4n) is 3.27. The first-order chi connectivity index (χ1) is 11.0. The largest absolute Gasteiger partial charge is 0.310 e. The first-order valence-electron chi connectivity index (χ1n) is 8.04. The average Bonchev–Trinajstić information content (AvgIpc) is 3.07. The highest BCUT2D eigenvalue weighted by atomic mass is 32.2. The SMILES string of the molecule is CS(=O)(=O)[C@@H]1CCC[C@@H](NCc2ccccc2-n2cccn2)C1. The molecule has 2 atom stereocenters. The van der Waals surface area contributed by atoms with Gasteiger partial charge >= 0.3 is 0 Å². The summed E-state index contributed by atoms with van der Waals surface area (Å²) in [6.07, 6.45) is 8.56. The summed E-state index contributed by atoms with van der Waals surface area (Å²) in [5, 5.41) is 7.63. The molecule has 1 aliphatic rings. The molecule has 124 valence electrons. The topological polar surface area (TPSA) is 64.0 Å². The Morgan fingerprint density at radius 1 is 1.26 bits per heavy atom. The molecule has 1 aromatic carbocycles. The molecule has 6 heteroatoms. The number of aromatic nitrogens is 2. The highest BCUT2D eigenvalue weighted by Gasteiger charge is 2.28. The van der Waals surface area contributed by atoms with Crippen LogP contribution in [-0.4, -0.2) is 35.7 Å². The molecule has 1 saturated carbocycles. The third-order valence-electron chi connectivity index (χ3n) is 4.56. The number of hydrogen-bond acceptors (Lipinski definition) is 4. The summed E-state index contributed by atoms with van der Waals surface area (Å²) in [5.41, 5.74) is 2.22. The van der Waals surface area contributed by atoms with Crippen molar-refractivity contribution in [3.05, 3.63) is 48.3 Å². The highest BCUT2D eigenvalue weighted by molar-refractivity contribution is 7.91. The predicted octanol–water partition coefficient (Wildman–Crippen LogP) is 2.32. The Hall–Kier alpha value is -1.66. The van der Waals surface area contributed by atoms with Crippen LogP contribution in [0.5, 0.6) is 0 Å². The molecule has 1 N–H and O–H groups in total. The quantitative estimate of drug-likeness (QED) is 0.912. The number of nitrogens with zero attached hydrogens (tertiary/aromatic N) is 2. The molecule has 5 nitrogen and oxygen atoms in total. The van der Waals surface area contributed by atoms with Gasteiger partial charge in [-0.2, -0.15) is 5.10 Å². The molecule has 0 amide bonds. The molecular formula is C17H23N3O2S. The van der Waals surface area contributed by atoms with Crippen molar-refractivity contribution in [2.24, 2.45) is 0 Å². The van der Waals surface area contributed by atoms with Gasteiger partial charge in [-0.05, 0) is 37.0 Å². The van der Waals surface area contributed by atoms with Crippen molar-refractivity contribution < 1.29 is 8.42 Å². The lowest BCUT2D eigenvalue weighted by Crippen LogP contribution is -2.38. The molecular weight excluding hydrogens is 310 g/mol. The lowest BCUT2D eigenvalue weighted by molar-refractivity contribution is 0.371. The third-order valence-corrected chi connectivity index (χ3v) is 6.19. The normalized spacial score (nSPS) is 22.1. The Balaban J connectivity index is 1.67. The van der Waals surface area contributed by atoms with E-state index in [1.165, 1.54) is 6.26 Å². The molecule has 0 radical (unpaired) electrons. The van der Waals surface area contributed by atoms with Crippen LogP contribution >= 0.6 is 0 Å². The van der Waals surface area contributed by atoms with E-state index in [9.17, 15) is 8.42 Å². The maximum atomic E-state index is 11.8. The predicted molar refractivity (Wildman–Crippen MR) is 91.3 cm³/mol. The smallest absolute Gasteiger partial charge is 0.150 e. The van der Waals surface area contributed by atoms with Crippen molar-refractivity contribution in [2.75, 3.05) is 6.26 Å². The first kappa shape index (κ1) is 16.2. The average molecular weight is 333 g/mol. The van der Waals surface area contributed by atoms with Crippen LogP contribution in [0.4, 0.5) is 0 Å². The molecule has 1 fully saturated rings. The highest BCUT2D eigenvalue weighted by Crippen LogP contribution is 2.24. The number of para-hydroxylation sites is 1. The molecule has 0 spiro atoms. The minimum atomic E-state index is -2.94. The number of hydrogen-bond donors (Lipinski definition) is 1. The van der Waals surface area contributed by atoms with E-state index < -0.39 is 9.84 Å². The standard InChI is InChI=1S/C17H23N3O2S/c1-23(21,22)16-8-4-7-15(12-16)18-13-14-6-2-3-9-17(14)20-11-5-10-19-20/h2-3,5-6,9-11,15-16,18H,4,7-8,12-13H2,1H3/t15-,16-/m1/s1. The summed E-state index contributed by atoms with van der Waals surface area (Å²) in [5.74, 6) is 0. The molecule has 1 aliphatic carbocycles. The van der Waals surface area contributed by atoms with Crippen molar-refractivity contribution in [1.82, 2.24) is 15.1 Å². The van der Waals surface area contributed by atoms with Gasteiger partial charge in [0, 0.05) is 31.2 Å². The van der Waals surface area contributed by atoms with Gasteiger partial charge in [0.05, 0.1) is 10.9 Å². The van der Waals surface area contributed by atoms with E-state index in [1.807, 2.05) is 35.1 Å². The van der Waals surface area contributed by atoms with Crippen LogP contribution in [0.1, 0.15) is 31.2 Å². The summed E-state index contributed by atoms with van der Waals surface area (Å²) in [7, 11) is -2.94. The van der Waals surface area contributed by atoms with Crippen LogP contribution in [0.3, 0.4) is 0 Å². The number of benzene rings is 1. The van der Waals surface area contributed by atoms with Gasteiger partial charge in [-0.3, -0.25) is 0 Å². The van der Waals surface area contributed by atoms with E-state index >= 15 is 0 Å². The zero-order valence-corrected chi connectivity index (χ0v) is 14.2. The van der Waals surface area contributed by atoms with E-state index in [1.54, 1.807) is 6.20 Å². The van der Waals surface area contributed by atoms with Crippen LogP contribution in [0.25, 0.3) is 5.69 Å². The first-order valence-corrected chi connectivity index (χ1v) is 9.99. The summed E-state index contributed by atoms with van der Waals surface area (Å²) < 4.78 is 25.4. The molecule has 0 aliphatic heterocycles. The molecule has 0 unspecified atom stereocenters. The second-order valence-electron chi connectivity index (χ2n) is 6.28. The van der Waals surface area contributed by atoms with Crippen LogP contribution < -0.4 is 5.32 Å². The molecule has 0 saturated heterocycles. The summed E-state index contributed by atoms with van der Waals surface area (Å²) in [4.78, 5) is 0. The van der Waals surface area contributed by atoms with Crippen LogP contribution in [0, 0.1) is 0 Å². The Kier molecular flexibility index (Phi) is 4.82. The van der Waals surface area contributed by atoms with Gasteiger partial charge in [0.1, 0.15) is 9.84 Å². The molecule has 1 heterocycles. The minimum Gasteiger partial charge on any atom is -0.310 e. The van der Waals surface area contributed by atoms with Crippen molar-refractivity contribution in [1.29, 1.82) is 0 Å². The van der Waals surface area contributed by atoms with Crippen LogP contribution in [-0.2, 0) is 16.4 Å². The van der Waals surface area contributed by atoms with E-state index in [0.717, 1.165) is 37.1 Å². The minimum absolute atomic E-state index is 0.199. The van der Waals surface area contributed by atoms with Crippen molar-refractivity contribution in [3.63, 3.8) is 0 Å². The van der Waals surface area contributed by atoms with Gasteiger partial charge in [-0.15, -0.1) is 0 Å². The third kappa shape index (κ3) is 4.00. The Morgan fingerprint density at radius 3 is 2.83 bits per heavy atom. The lowest BCUT2D eigenvalue weighted by atomic mass is 9.94. The van der Waals surface area contributed by atoms with E-state index in [0.29, 0.717) is 6.42 Å². The maximum absolute atomic E-state index is 11.8. The Labute approximate surface area is 137 Å². The van der Waals surface area contributed by atoms with Gasteiger partial charge in [0.2, 0.25) is 0 Å². The molecule has 1 aromatic heterocycles. The monoisotopic (exact) mass is 333 g/mol. The van der Waals surface area contributed by atoms with E-state index in [2.05, 4.69) is 16.5 Å². The molecule has 2 aromatic rings. The summed E-state index contributed by atoms with van der Waals surface area (Å²) in [6.45, 7) is 0.719. The van der Waals surface area contributed by atoms with Gasteiger partial charge in [-0.1, -0.05) is 24.6 Å². The van der Waals surface area contributed by atoms with E-state index in [-0.39, 0.29) is 11.3 Å². The second-order valence-corrected chi connectivity index (χ2v) is 8.60. The van der Waals surface area contributed by atoms with Crippen molar-refractivity contribution in [3.8, 4) is 5.69 Å². The van der Waals surface area contributed by atoms with E-state index in [4.69, 9.17) is 0 Å². The Morgan fingerprint density at radius 2 is 2.09 bits per heavy atom. The summed E-state index contributed by atoms with van der Waals surface area (Å²) >= 11 is 0. The Bertz CT molecular complexity index is 741.